The average molecular weight is 555 g/mol. The summed E-state index contributed by atoms with van der Waals surface area (Å²) in [5, 5.41) is 3.09. The van der Waals surface area contributed by atoms with Gasteiger partial charge in [0.15, 0.2) is 0 Å². The van der Waals surface area contributed by atoms with Crippen LogP contribution in [-0.2, 0) is 5.41 Å². The minimum absolute atomic E-state index is 0.431. The summed E-state index contributed by atoms with van der Waals surface area (Å²) in [5.74, 6) is 0. The minimum Gasteiger partial charge on any atom is -0.0836 e. The summed E-state index contributed by atoms with van der Waals surface area (Å²) >= 11 is 6.95. The molecule has 0 heterocycles. The van der Waals surface area contributed by atoms with Crippen LogP contribution in [0.5, 0.6) is 0 Å². The van der Waals surface area contributed by atoms with Crippen molar-refractivity contribution in [3.8, 4) is 33.4 Å². The third kappa shape index (κ3) is 3.69. The molecule has 0 saturated carbocycles. The molecule has 7 aromatic carbocycles. The van der Waals surface area contributed by atoms with Crippen LogP contribution in [0.2, 0.25) is 5.02 Å². The highest BCUT2D eigenvalue weighted by molar-refractivity contribution is 6.34. The number of rotatable bonds is 4. The molecule has 8 rings (SSSR count). The number of fused-ring (bicyclic) bond motifs is 4. The molecular formula is C41H27Cl. The number of hydrogen-bond donors (Lipinski definition) is 0. The molecule has 0 aliphatic heterocycles. The molecule has 0 unspecified atom stereocenters. The Kier molecular flexibility index (Phi) is 5.84. The van der Waals surface area contributed by atoms with Crippen molar-refractivity contribution in [2.75, 3.05) is 0 Å². The van der Waals surface area contributed by atoms with Crippen molar-refractivity contribution in [1.29, 1.82) is 0 Å². The molecule has 0 N–H and O–H groups in total. The smallest absolute Gasteiger partial charge is 0.0713 e. The molecular weight excluding hydrogens is 528 g/mol. The maximum absolute atomic E-state index is 6.95. The van der Waals surface area contributed by atoms with E-state index in [0.717, 1.165) is 21.5 Å². The van der Waals surface area contributed by atoms with Gasteiger partial charge in [-0.2, -0.15) is 0 Å². The maximum atomic E-state index is 6.95. The first-order valence-corrected chi connectivity index (χ1v) is 14.8. The van der Waals surface area contributed by atoms with Crippen LogP contribution in [0.15, 0.2) is 164 Å². The van der Waals surface area contributed by atoms with Gasteiger partial charge in [-0.05, 0) is 79.0 Å². The van der Waals surface area contributed by atoms with E-state index < -0.39 is 5.41 Å². The van der Waals surface area contributed by atoms with Crippen LogP contribution < -0.4 is 0 Å². The molecule has 1 heteroatoms. The van der Waals surface area contributed by atoms with Crippen molar-refractivity contribution in [3.63, 3.8) is 0 Å². The summed E-state index contributed by atoms with van der Waals surface area (Å²) in [6, 6.07) is 59.2. The van der Waals surface area contributed by atoms with Gasteiger partial charge in [-0.1, -0.05) is 157 Å². The Hall–Kier alpha value is -4.91. The van der Waals surface area contributed by atoms with Crippen LogP contribution in [-0.4, -0.2) is 0 Å². The van der Waals surface area contributed by atoms with Gasteiger partial charge in [0.2, 0.25) is 0 Å². The highest BCUT2D eigenvalue weighted by atomic mass is 35.5. The SMILES string of the molecule is Clc1cc2ccccc2cc1-c1ccccc1-c1cccc(C2(c3ccccc3)c3ccccc3-c3ccccc32)c1. The van der Waals surface area contributed by atoms with E-state index in [-0.39, 0.29) is 0 Å². The lowest BCUT2D eigenvalue weighted by Crippen LogP contribution is -2.28. The largest absolute Gasteiger partial charge is 0.0836 e. The lowest BCUT2D eigenvalue weighted by molar-refractivity contribution is 0.769. The van der Waals surface area contributed by atoms with Crippen LogP contribution in [0.25, 0.3) is 44.2 Å². The van der Waals surface area contributed by atoms with Gasteiger partial charge < -0.3 is 0 Å². The second-order valence-corrected chi connectivity index (χ2v) is 11.4. The Morgan fingerprint density at radius 2 is 0.881 bits per heavy atom. The fourth-order valence-corrected chi connectivity index (χ4v) is 7.29. The Morgan fingerprint density at radius 1 is 0.357 bits per heavy atom. The zero-order valence-corrected chi connectivity index (χ0v) is 23.7. The van der Waals surface area contributed by atoms with E-state index in [2.05, 4.69) is 164 Å². The number of hydrogen-bond acceptors (Lipinski definition) is 0. The van der Waals surface area contributed by atoms with Crippen LogP contribution in [0.4, 0.5) is 0 Å². The van der Waals surface area contributed by atoms with Gasteiger partial charge in [0.25, 0.3) is 0 Å². The van der Waals surface area contributed by atoms with E-state index >= 15 is 0 Å². The van der Waals surface area contributed by atoms with Crippen LogP contribution in [0, 0.1) is 0 Å². The van der Waals surface area contributed by atoms with E-state index in [4.69, 9.17) is 11.6 Å². The van der Waals surface area contributed by atoms with E-state index in [0.29, 0.717) is 0 Å². The van der Waals surface area contributed by atoms with Gasteiger partial charge in [0.05, 0.1) is 5.41 Å². The average Bonchev–Trinajstić information content (AvgIpc) is 3.36. The third-order valence-corrected chi connectivity index (χ3v) is 9.13. The predicted octanol–water partition coefficient (Wildman–Crippen LogP) is 11.2. The number of benzene rings is 7. The molecule has 0 amide bonds. The standard InChI is InChI=1S/C41H27Cl/c42-40-27-29-14-5-4-13-28(29)26-37(40)34-20-7-6-19-33(34)30-15-12-18-32(25-30)41(31-16-2-1-3-17-31)38-23-10-8-21-35(38)36-22-9-11-24-39(36)41/h1-27H. The molecule has 198 valence electrons. The maximum Gasteiger partial charge on any atom is 0.0713 e. The molecule has 0 spiro atoms. The van der Waals surface area contributed by atoms with E-state index in [1.165, 1.54) is 49.9 Å². The summed E-state index contributed by atoms with van der Waals surface area (Å²) in [6.07, 6.45) is 0. The van der Waals surface area contributed by atoms with Crippen molar-refractivity contribution < 1.29 is 0 Å². The van der Waals surface area contributed by atoms with Gasteiger partial charge in [-0.3, -0.25) is 0 Å². The van der Waals surface area contributed by atoms with E-state index in [1.54, 1.807) is 0 Å². The molecule has 0 bridgehead atoms. The molecule has 0 fully saturated rings. The first kappa shape index (κ1) is 24.9. The Labute approximate surface area is 251 Å². The van der Waals surface area contributed by atoms with Crippen molar-refractivity contribution >= 4 is 22.4 Å². The molecule has 0 aromatic heterocycles. The third-order valence-electron chi connectivity index (χ3n) is 8.82. The monoisotopic (exact) mass is 554 g/mol. The summed E-state index contributed by atoms with van der Waals surface area (Å²) < 4.78 is 0. The van der Waals surface area contributed by atoms with Gasteiger partial charge >= 0.3 is 0 Å². The van der Waals surface area contributed by atoms with Gasteiger partial charge in [-0.25, -0.2) is 0 Å². The van der Waals surface area contributed by atoms with Crippen LogP contribution in [0.1, 0.15) is 22.3 Å². The molecule has 0 nitrogen and oxygen atoms in total. The molecule has 0 saturated heterocycles. The van der Waals surface area contributed by atoms with Crippen molar-refractivity contribution in [2.24, 2.45) is 0 Å². The summed E-state index contributed by atoms with van der Waals surface area (Å²) in [5.41, 5.74) is 11.8. The molecule has 0 atom stereocenters. The molecule has 1 aliphatic rings. The van der Waals surface area contributed by atoms with Gasteiger partial charge in [-0.15, -0.1) is 0 Å². The zero-order valence-electron chi connectivity index (χ0n) is 23.0. The summed E-state index contributed by atoms with van der Waals surface area (Å²) in [6.45, 7) is 0. The van der Waals surface area contributed by atoms with Crippen LogP contribution >= 0.6 is 11.6 Å². The molecule has 1 aliphatic carbocycles. The fourth-order valence-electron chi connectivity index (χ4n) is 7.02. The lowest BCUT2D eigenvalue weighted by atomic mass is 9.67. The molecule has 42 heavy (non-hydrogen) atoms. The normalized spacial score (nSPS) is 13.1. The summed E-state index contributed by atoms with van der Waals surface area (Å²) in [4.78, 5) is 0. The minimum atomic E-state index is -0.431. The predicted molar refractivity (Wildman–Crippen MR) is 177 cm³/mol. The second kappa shape index (κ2) is 9.87. The van der Waals surface area contributed by atoms with Crippen molar-refractivity contribution in [2.45, 2.75) is 5.41 Å². The first-order valence-electron chi connectivity index (χ1n) is 14.4. The molecule has 7 aromatic rings. The Morgan fingerprint density at radius 3 is 1.57 bits per heavy atom. The van der Waals surface area contributed by atoms with Gasteiger partial charge in [0, 0.05) is 10.6 Å². The highest BCUT2D eigenvalue weighted by Crippen LogP contribution is 2.56. The van der Waals surface area contributed by atoms with E-state index in [9.17, 15) is 0 Å². The first-order chi connectivity index (χ1) is 20.7. The van der Waals surface area contributed by atoms with Crippen molar-refractivity contribution in [1.82, 2.24) is 0 Å². The van der Waals surface area contributed by atoms with Crippen LogP contribution in [0.3, 0.4) is 0 Å². The molecule has 0 radical (unpaired) electrons. The quantitative estimate of drug-likeness (QED) is 0.203. The fraction of sp³-hybridized carbons (Fsp3) is 0.0244. The van der Waals surface area contributed by atoms with E-state index in [1.807, 2.05) is 0 Å². The zero-order chi connectivity index (χ0) is 28.1. The van der Waals surface area contributed by atoms with Crippen molar-refractivity contribution in [3.05, 3.63) is 191 Å². The Balaban J connectivity index is 1.38. The topological polar surface area (TPSA) is 0 Å². The summed E-state index contributed by atoms with van der Waals surface area (Å²) in [7, 11) is 0. The van der Waals surface area contributed by atoms with Gasteiger partial charge in [0.1, 0.15) is 0 Å². The number of halogens is 1. The highest BCUT2D eigenvalue weighted by Gasteiger charge is 2.45. The lowest BCUT2D eigenvalue weighted by Gasteiger charge is -2.34. The Bertz CT molecular complexity index is 2060. The second-order valence-electron chi connectivity index (χ2n) is 11.0.